The van der Waals surface area contributed by atoms with Crippen molar-refractivity contribution in [2.24, 2.45) is 0 Å². The number of aryl methyl sites for hydroxylation is 1. The average molecular weight is 386 g/mol. The number of thioether (sulfide) groups is 1. The maximum atomic E-state index is 4.77. The Morgan fingerprint density at radius 3 is 2.52 bits per heavy atom. The Bertz CT molecular complexity index is 829. The van der Waals surface area contributed by atoms with Crippen molar-refractivity contribution in [2.45, 2.75) is 37.5 Å². The molecule has 0 N–H and O–H groups in total. The molecular weight excluding hydrogens is 366 g/mol. The van der Waals surface area contributed by atoms with Crippen LogP contribution in [0.4, 0.5) is 0 Å². The highest BCUT2D eigenvalue weighted by Crippen LogP contribution is 2.31. The summed E-state index contributed by atoms with van der Waals surface area (Å²) in [5.41, 5.74) is 5.40. The number of rotatable bonds is 5. The molecule has 3 aromatic rings. The number of benzene rings is 2. The molecule has 3 heteroatoms. The quantitative estimate of drug-likeness (QED) is 0.470. The van der Waals surface area contributed by atoms with Gasteiger partial charge in [-0.25, -0.2) is 4.98 Å². The van der Waals surface area contributed by atoms with Gasteiger partial charge in [0.05, 0.1) is 10.5 Å². The van der Waals surface area contributed by atoms with Crippen LogP contribution in [0.5, 0.6) is 0 Å². The minimum atomic E-state index is 0.969. The van der Waals surface area contributed by atoms with Crippen LogP contribution in [-0.2, 0) is 18.6 Å². The zero-order valence-electron chi connectivity index (χ0n) is 13.5. The van der Waals surface area contributed by atoms with Gasteiger partial charge in [-0.3, -0.25) is 0 Å². The van der Waals surface area contributed by atoms with Crippen molar-refractivity contribution in [1.82, 2.24) is 4.98 Å². The molecule has 0 unspecified atom stereocenters. The number of hydrogen-bond donors (Lipinski definition) is 0. The fourth-order valence-electron chi connectivity index (χ4n) is 2.88. The molecule has 0 amide bonds. The minimum absolute atomic E-state index is 0.969. The van der Waals surface area contributed by atoms with E-state index in [9.17, 15) is 0 Å². The van der Waals surface area contributed by atoms with Gasteiger partial charge in [-0.2, -0.15) is 0 Å². The normalized spacial score (nSPS) is 11.1. The van der Waals surface area contributed by atoms with Crippen LogP contribution in [0.3, 0.4) is 0 Å². The lowest BCUT2D eigenvalue weighted by Crippen LogP contribution is -1.99. The van der Waals surface area contributed by atoms with E-state index in [2.05, 4.69) is 72.2 Å². The van der Waals surface area contributed by atoms with Gasteiger partial charge in [0.25, 0.3) is 0 Å². The molecule has 0 radical (unpaired) electrons. The van der Waals surface area contributed by atoms with Crippen LogP contribution in [-0.4, -0.2) is 4.98 Å². The number of nitrogens with zero attached hydrogens (tertiary/aromatic N) is 1. The van der Waals surface area contributed by atoms with Gasteiger partial charge in [0.2, 0.25) is 0 Å². The van der Waals surface area contributed by atoms with Crippen molar-refractivity contribution in [3.63, 3.8) is 0 Å². The third kappa shape index (κ3) is 3.61. The molecule has 0 spiro atoms. The molecule has 3 rings (SSSR count). The lowest BCUT2D eigenvalue weighted by molar-refractivity contribution is 1.03. The average Bonchev–Trinajstić information content (AvgIpc) is 2.59. The SMILES string of the molecule is CCc1ccc(Br)c(CC)c1CSc1ccc2ccccc2n1. The Morgan fingerprint density at radius 2 is 1.74 bits per heavy atom. The molecule has 1 aromatic heterocycles. The van der Waals surface area contributed by atoms with Gasteiger partial charge in [-0.15, -0.1) is 11.8 Å². The smallest absolute Gasteiger partial charge is 0.0970 e. The second-order valence-electron chi connectivity index (χ2n) is 5.50. The number of para-hydroxylation sites is 1. The van der Waals surface area contributed by atoms with E-state index < -0.39 is 0 Å². The van der Waals surface area contributed by atoms with Gasteiger partial charge in [0, 0.05) is 15.6 Å². The van der Waals surface area contributed by atoms with Crippen molar-refractivity contribution in [2.75, 3.05) is 0 Å². The van der Waals surface area contributed by atoms with Gasteiger partial charge in [0.15, 0.2) is 0 Å². The van der Waals surface area contributed by atoms with Crippen LogP contribution in [0, 0.1) is 0 Å². The predicted octanol–water partition coefficient (Wildman–Crippen LogP) is 6.41. The molecule has 0 bridgehead atoms. The monoisotopic (exact) mass is 385 g/mol. The Labute approximate surface area is 150 Å². The number of halogens is 1. The first-order valence-electron chi connectivity index (χ1n) is 8.00. The molecule has 2 aromatic carbocycles. The molecule has 1 nitrogen and oxygen atoms in total. The predicted molar refractivity (Wildman–Crippen MR) is 104 cm³/mol. The zero-order valence-corrected chi connectivity index (χ0v) is 15.9. The molecule has 23 heavy (non-hydrogen) atoms. The largest absolute Gasteiger partial charge is 0.241 e. The van der Waals surface area contributed by atoms with E-state index in [0.717, 1.165) is 29.1 Å². The fraction of sp³-hybridized carbons (Fsp3) is 0.250. The first-order valence-corrected chi connectivity index (χ1v) is 9.78. The topological polar surface area (TPSA) is 12.9 Å². The van der Waals surface area contributed by atoms with E-state index in [1.165, 1.54) is 26.5 Å². The van der Waals surface area contributed by atoms with Gasteiger partial charge < -0.3 is 0 Å². The van der Waals surface area contributed by atoms with Gasteiger partial charge >= 0.3 is 0 Å². The lowest BCUT2D eigenvalue weighted by atomic mass is 9.99. The summed E-state index contributed by atoms with van der Waals surface area (Å²) in [6.45, 7) is 4.45. The first kappa shape index (κ1) is 16.5. The second kappa shape index (κ2) is 7.50. The summed E-state index contributed by atoms with van der Waals surface area (Å²) in [7, 11) is 0. The maximum absolute atomic E-state index is 4.77. The number of pyridine rings is 1. The van der Waals surface area contributed by atoms with Crippen molar-refractivity contribution in [3.05, 3.63) is 69.7 Å². The summed E-state index contributed by atoms with van der Waals surface area (Å²) in [6.07, 6.45) is 2.12. The van der Waals surface area contributed by atoms with Crippen LogP contribution in [0.25, 0.3) is 10.9 Å². The van der Waals surface area contributed by atoms with E-state index in [0.29, 0.717) is 0 Å². The highest BCUT2D eigenvalue weighted by molar-refractivity contribution is 9.10. The highest BCUT2D eigenvalue weighted by Gasteiger charge is 2.11. The molecule has 118 valence electrons. The molecule has 0 fully saturated rings. The minimum Gasteiger partial charge on any atom is -0.241 e. The van der Waals surface area contributed by atoms with Crippen LogP contribution in [0.15, 0.2) is 58.0 Å². The Hall–Kier alpha value is -1.32. The van der Waals surface area contributed by atoms with Crippen molar-refractivity contribution < 1.29 is 0 Å². The highest BCUT2D eigenvalue weighted by atomic mass is 79.9. The lowest BCUT2D eigenvalue weighted by Gasteiger charge is -2.14. The molecule has 0 aliphatic rings. The van der Waals surface area contributed by atoms with Gasteiger partial charge in [-0.1, -0.05) is 60.1 Å². The van der Waals surface area contributed by atoms with E-state index in [1.807, 2.05) is 17.8 Å². The number of hydrogen-bond acceptors (Lipinski definition) is 2. The number of fused-ring (bicyclic) bond motifs is 1. The maximum Gasteiger partial charge on any atom is 0.0970 e. The Kier molecular flexibility index (Phi) is 5.39. The van der Waals surface area contributed by atoms with Gasteiger partial charge in [-0.05, 0) is 47.7 Å². The summed E-state index contributed by atoms with van der Waals surface area (Å²) in [6, 6.07) is 17.0. The molecular formula is C20H20BrNS. The summed E-state index contributed by atoms with van der Waals surface area (Å²) in [4.78, 5) is 4.77. The van der Waals surface area contributed by atoms with Crippen LogP contribution in [0.2, 0.25) is 0 Å². The van der Waals surface area contributed by atoms with E-state index in [4.69, 9.17) is 4.98 Å². The third-order valence-corrected chi connectivity index (χ3v) is 5.84. The van der Waals surface area contributed by atoms with E-state index in [1.54, 1.807) is 0 Å². The van der Waals surface area contributed by atoms with E-state index in [-0.39, 0.29) is 0 Å². The van der Waals surface area contributed by atoms with E-state index >= 15 is 0 Å². The number of aromatic nitrogens is 1. The Morgan fingerprint density at radius 1 is 0.913 bits per heavy atom. The van der Waals surface area contributed by atoms with Crippen molar-refractivity contribution in [3.8, 4) is 0 Å². The van der Waals surface area contributed by atoms with Gasteiger partial charge in [0.1, 0.15) is 0 Å². The molecule has 0 aliphatic carbocycles. The van der Waals surface area contributed by atoms with Crippen molar-refractivity contribution in [1.29, 1.82) is 0 Å². The molecule has 0 atom stereocenters. The van der Waals surface area contributed by atoms with Crippen molar-refractivity contribution >= 4 is 38.6 Å². The summed E-state index contributed by atoms with van der Waals surface area (Å²) >= 11 is 5.53. The first-order chi connectivity index (χ1) is 11.2. The second-order valence-corrected chi connectivity index (χ2v) is 7.35. The summed E-state index contributed by atoms with van der Waals surface area (Å²) in [5, 5.41) is 2.29. The fourth-order valence-corrected chi connectivity index (χ4v) is 4.51. The van der Waals surface area contributed by atoms with Crippen LogP contribution >= 0.6 is 27.7 Å². The molecule has 1 heterocycles. The standard InChI is InChI=1S/C20H20BrNS/c1-3-14-9-11-18(21)16(4-2)17(14)13-23-20-12-10-15-7-5-6-8-19(15)22-20/h5-12H,3-4,13H2,1-2H3. The zero-order chi connectivity index (χ0) is 16.2. The summed E-state index contributed by atoms with van der Waals surface area (Å²) in [5.74, 6) is 0.969. The summed E-state index contributed by atoms with van der Waals surface area (Å²) < 4.78 is 1.22. The molecule has 0 saturated carbocycles. The molecule has 0 saturated heterocycles. The van der Waals surface area contributed by atoms with Crippen LogP contribution in [0.1, 0.15) is 30.5 Å². The van der Waals surface area contributed by atoms with Crippen LogP contribution < -0.4 is 0 Å². The third-order valence-electron chi connectivity index (χ3n) is 4.14. The Balaban J connectivity index is 1.88. The molecule has 0 aliphatic heterocycles.